The number of nitrogens with one attached hydrogen (secondary N) is 1. The molecule has 2 heterocycles. The third kappa shape index (κ3) is 2.80. The molecule has 7 heteroatoms. The molecule has 5 nitrogen and oxygen atoms in total. The molecule has 2 aromatic heterocycles. The summed E-state index contributed by atoms with van der Waals surface area (Å²) < 4.78 is 0. The summed E-state index contributed by atoms with van der Waals surface area (Å²) in [6.07, 6.45) is 0. The van der Waals surface area contributed by atoms with Crippen LogP contribution in [-0.2, 0) is 0 Å². The van der Waals surface area contributed by atoms with Gasteiger partial charge in [-0.05, 0) is 13.8 Å². The number of thiazole rings is 2. The Morgan fingerprint density at radius 2 is 2.18 bits per heavy atom. The van der Waals surface area contributed by atoms with Crippen molar-refractivity contribution >= 4 is 33.7 Å². The Balaban J connectivity index is 2.04. The quantitative estimate of drug-likeness (QED) is 0.892. The van der Waals surface area contributed by atoms with Gasteiger partial charge in [0.05, 0.1) is 6.04 Å². The molecule has 0 aliphatic rings. The summed E-state index contributed by atoms with van der Waals surface area (Å²) in [6, 6.07) is -0.121. The Morgan fingerprint density at radius 3 is 2.71 bits per heavy atom. The van der Waals surface area contributed by atoms with Crippen molar-refractivity contribution in [3.05, 3.63) is 27.2 Å². The van der Waals surface area contributed by atoms with Crippen LogP contribution in [0, 0.1) is 6.92 Å². The van der Waals surface area contributed by atoms with Gasteiger partial charge in [0.1, 0.15) is 10.7 Å². The molecule has 0 aromatic carbocycles. The second-order valence-corrected chi connectivity index (χ2v) is 5.37. The predicted octanol–water partition coefficient (Wildman–Crippen LogP) is 1.98. The van der Waals surface area contributed by atoms with Gasteiger partial charge in [-0.1, -0.05) is 0 Å². The fourth-order valence-electron chi connectivity index (χ4n) is 1.30. The summed E-state index contributed by atoms with van der Waals surface area (Å²) in [4.78, 5) is 20.1. The van der Waals surface area contributed by atoms with Crippen molar-refractivity contribution < 1.29 is 4.79 Å². The van der Waals surface area contributed by atoms with E-state index in [0.29, 0.717) is 10.8 Å². The molecule has 1 atom stereocenters. The molecule has 3 N–H and O–H groups in total. The first-order chi connectivity index (χ1) is 8.06. The number of hydrogen-bond acceptors (Lipinski definition) is 6. The van der Waals surface area contributed by atoms with Crippen LogP contribution >= 0.6 is 22.7 Å². The van der Waals surface area contributed by atoms with Gasteiger partial charge in [-0.2, -0.15) is 0 Å². The zero-order valence-electron chi connectivity index (χ0n) is 9.43. The van der Waals surface area contributed by atoms with Crippen LogP contribution in [-0.4, -0.2) is 15.9 Å². The normalized spacial score (nSPS) is 12.4. The van der Waals surface area contributed by atoms with Gasteiger partial charge in [-0.25, -0.2) is 9.97 Å². The highest BCUT2D eigenvalue weighted by Crippen LogP contribution is 2.18. The molecule has 2 aromatic rings. The Hall–Kier alpha value is -1.47. The maximum Gasteiger partial charge on any atom is 0.271 e. The van der Waals surface area contributed by atoms with Gasteiger partial charge >= 0.3 is 0 Å². The lowest BCUT2D eigenvalue weighted by molar-refractivity contribution is 0.0935. The van der Waals surface area contributed by atoms with Crippen LogP contribution < -0.4 is 11.1 Å². The lowest BCUT2D eigenvalue weighted by Crippen LogP contribution is -2.26. The number of nitrogens with zero attached hydrogens (tertiary/aromatic N) is 2. The fraction of sp³-hybridized carbons (Fsp3) is 0.300. The summed E-state index contributed by atoms with van der Waals surface area (Å²) in [6.45, 7) is 3.82. The van der Waals surface area contributed by atoms with Gasteiger partial charge in [0.15, 0.2) is 5.13 Å². The number of amides is 1. The van der Waals surface area contributed by atoms with Crippen molar-refractivity contribution in [1.29, 1.82) is 0 Å². The highest BCUT2D eigenvalue weighted by molar-refractivity contribution is 7.13. The fourth-order valence-corrected chi connectivity index (χ4v) is 2.64. The molecule has 0 aliphatic heterocycles. The van der Waals surface area contributed by atoms with Crippen LogP contribution in [0.25, 0.3) is 0 Å². The van der Waals surface area contributed by atoms with E-state index in [1.54, 1.807) is 5.38 Å². The van der Waals surface area contributed by atoms with E-state index in [1.165, 1.54) is 22.7 Å². The van der Waals surface area contributed by atoms with Crippen molar-refractivity contribution in [2.75, 3.05) is 5.73 Å². The SMILES string of the molecule is Cc1csc([C@@H](C)NC(=O)c2csc(N)n2)n1. The molecule has 0 spiro atoms. The van der Waals surface area contributed by atoms with E-state index in [-0.39, 0.29) is 11.9 Å². The van der Waals surface area contributed by atoms with Gasteiger partial charge in [-0.3, -0.25) is 4.79 Å². The molecule has 0 fully saturated rings. The van der Waals surface area contributed by atoms with E-state index >= 15 is 0 Å². The number of hydrogen-bond donors (Lipinski definition) is 2. The van der Waals surface area contributed by atoms with E-state index < -0.39 is 0 Å². The van der Waals surface area contributed by atoms with Crippen LogP contribution in [0.2, 0.25) is 0 Å². The number of nitrogens with two attached hydrogens (primary N) is 1. The van der Waals surface area contributed by atoms with Crippen LogP contribution in [0.4, 0.5) is 5.13 Å². The number of carbonyl (C=O) groups is 1. The molecule has 0 bridgehead atoms. The predicted molar refractivity (Wildman–Crippen MR) is 69.3 cm³/mol. The first kappa shape index (κ1) is 12.0. The maximum atomic E-state index is 11.8. The zero-order valence-corrected chi connectivity index (χ0v) is 11.1. The number of aromatic nitrogens is 2. The molecular formula is C10H12N4OS2. The molecule has 0 saturated heterocycles. The minimum Gasteiger partial charge on any atom is -0.375 e. The van der Waals surface area contributed by atoms with Gasteiger partial charge < -0.3 is 11.1 Å². The van der Waals surface area contributed by atoms with Gasteiger partial charge in [0.2, 0.25) is 0 Å². The zero-order chi connectivity index (χ0) is 12.4. The maximum absolute atomic E-state index is 11.8. The van der Waals surface area contributed by atoms with Crippen molar-refractivity contribution in [3.8, 4) is 0 Å². The summed E-state index contributed by atoms with van der Waals surface area (Å²) in [5.41, 5.74) is 6.80. The Bertz CT molecular complexity index is 534. The minimum absolute atomic E-state index is 0.121. The largest absolute Gasteiger partial charge is 0.375 e. The third-order valence-electron chi connectivity index (χ3n) is 2.11. The number of anilines is 1. The summed E-state index contributed by atoms with van der Waals surface area (Å²) in [5, 5.41) is 7.72. The topological polar surface area (TPSA) is 80.9 Å². The van der Waals surface area contributed by atoms with Crippen LogP contribution in [0.3, 0.4) is 0 Å². The Labute approximate surface area is 107 Å². The molecule has 0 saturated carbocycles. The third-order valence-corrected chi connectivity index (χ3v) is 3.93. The summed E-state index contributed by atoms with van der Waals surface area (Å²) in [5.74, 6) is -0.224. The highest BCUT2D eigenvalue weighted by Gasteiger charge is 2.15. The van der Waals surface area contributed by atoms with Crippen molar-refractivity contribution in [1.82, 2.24) is 15.3 Å². The standard InChI is InChI=1S/C10H12N4OS2/c1-5-3-16-9(12-5)6(2)13-8(15)7-4-17-10(11)14-7/h3-4,6H,1-2H3,(H2,11,14)(H,13,15)/t6-/m1/s1. The second kappa shape index (κ2) is 4.80. The molecular weight excluding hydrogens is 256 g/mol. The van der Waals surface area contributed by atoms with E-state index in [0.717, 1.165) is 10.7 Å². The number of rotatable bonds is 3. The first-order valence-electron chi connectivity index (χ1n) is 5.00. The van der Waals surface area contributed by atoms with Crippen molar-refractivity contribution in [2.45, 2.75) is 19.9 Å². The minimum atomic E-state index is -0.224. The molecule has 0 aliphatic carbocycles. The van der Waals surface area contributed by atoms with Gasteiger partial charge in [0.25, 0.3) is 5.91 Å². The summed E-state index contributed by atoms with van der Waals surface area (Å²) in [7, 11) is 0. The lowest BCUT2D eigenvalue weighted by Gasteiger charge is -2.09. The molecule has 2 rings (SSSR count). The van der Waals surface area contributed by atoms with Crippen LogP contribution in [0.15, 0.2) is 10.8 Å². The van der Waals surface area contributed by atoms with E-state index in [2.05, 4.69) is 15.3 Å². The smallest absolute Gasteiger partial charge is 0.271 e. The molecule has 90 valence electrons. The monoisotopic (exact) mass is 268 g/mol. The molecule has 17 heavy (non-hydrogen) atoms. The van der Waals surface area contributed by atoms with Crippen molar-refractivity contribution in [2.24, 2.45) is 0 Å². The average Bonchev–Trinajstić information content (AvgIpc) is 2.87. The van der Waals surface area contributed by atoms with Crippen LogP contribution in [0.1, 0.15) is 34.2 Å². The number of nitrogen functional groups attached to an aromatic ring is 1. The second-order valence-electron chi connectivity index (χ2n) is 3.59. The lowest BCUT2D eigenvalue weighted by atomic mass is 10.3. The van der Waals surface area contributed by atoms with Crippen molar-refractivity contribution in [3.63, 3.8) is 0 Å². The van der Waals surface area contributed by atoms with E-state index in [9.17, 15) is 4.79 Å². The van der Waals surface area contributed by atoms with E-state index in [1.807, 2.05) is 19.2 Å². The summed E-state index contributed by atoms with van der Waals surface area (Å²) >= 11 is 2.78. The number of aryl methyl sites for hydroxylation is 1. The number of carbonyl (C=O) groups excluding carboxylic acids is 1. The Kier molecular flexibility index (Phi) is 3.39. The molecule has 0 unspecified atom stereocenters. The van der Waals surface area contributed by atoms with Gasteiger partial charge in [-0.15, -0.1) is 22.7 Å². The van der Waals surface area contributed by atoms with E-state index in [4.69, 9.17) is 5.73 Å². The Morgan fingerprint density at radius 1 is 1.41 bits per heavy atom. The first-order valence-corrected chi connectivity index (χ1v) is 6.76. The van der Waals surface area contributed by atoms with Gasteiger partial charge in [0, 0.05) is 16.5 Å². The van der Waals surface area contributed by atoms with Crippen LogP contribution in [0.5, 0.6) is 0 Å². The molecule has 0 radical (unpaired) electrons. The molecule has 1 amide bonds. The average molecular weight is 268 g/mol. The highest BCUT2D eigenvalue weighted by atomic mass is 32.1.